The van der Waals surface area contributed by atoms with Crippen LogP contribution in [0.1, 0.15) is 100 Å². The highest BCUT2D eigenvalue weighted by Gasteiger charge is 2.05. The van der Waals surface area contributed by atoms with E-state index in [2.05, 4.69) is 192 Å². The third-order valence-corrected chi connectivity index (χ3v) is 10.9. The summed E-state index contributed by atoms with van der Waals surface area (Å²) in [6, 6.07) is 40.1. The van der Waals surface area contributed by atoms with Crippen LogP contribution in [0.3, 0.4) is 0 Å². The van der Waals surface area contributed by atoms with Crippen molar-refractivity contribution >= 4 is 0 Å². The Morgan fingerprint density at radius 3 is 0.804 bits per heavy atom. The van der Waals surface area contributed by atoms with Crippen LogP contribution in [0.25, 0.3) is 0 Å². The van der Waals surface area contributed by atoms with Gasteiger partial charge >= 0.3 is 0 Å². The molecule has 0 fully saturated rings. The molecule has 0 aliphatic heterocycles. The lowest BCUT2D eigenvalue weighted by Crippen LogP contribution is -1.95. The summed E-state index contributed by atoms with van der Waals surface area (Å²) in [6.07, 6.45) is 3.10. The molecule has 6 aromatic rings. The summed E-state index contributed by atoms with van der Waals surface area (Å²) in [5.74, 6) is 0. The molecule has 0 aliphatic carbocycles. The lowest BCUT2D eigenvalue weighted by molar-refractivity contribution is 1.12. The minimum atomic E-state index is 1.03. The van der Waals surface area contributed by atoms with Gasteiger partial charge in [0.1, 0.15) is 0 Å². The monoisotopic (exact) mass is 672 g/mol. The number of aryl methyl sites for hydroxylation is 10. The first-order chi connectivity index (χ1) is 24.2. The maximum Gasteiger partial charge on any atom is -0.00229 e. The lowest BCUT2D eigenvalue weighted by atomic mass is 9.96. The molecule has 6 aromatic carbocycles. The van der Waals surface area contributed by atoms with Crippen molar-refractivity contribution in [3.05, 3.63) is 209 Å². The van der Waals surface area contributed by atoms with Crippen molar-refractivity contribution in [1.29, 1.82) is 0 Å². The summed E-state index contributed by atoms with van der Waals surface area (Å²) >= 11 is 0. The van der Waals surface area contributed by atoms with E-state index in [0.29, 0.717) is 0 Å². The zero-order valence-electron chi connectivity index (χ0n) is 33.5. The van der Waals surface area contributed by atoms with Crippen LogP contribution in [-0.2, 0) is 19.3 Å². The Balaban J connectivity index is 0.000000172. The normalized spacial score (nSPS) is 10.6. The zero-order valence-corrected chi connectivity index (χ0v) is 33.5. The van der Waals surface area contributed by atoms with Crippen molar-refractivity contribution < 1.29 is 0 Å². The third kappa shape index (κ3) is 11.2. The van der Waals surface area contributed by atoms with Crippen molar-refractivity contribution in [2.45, 2.75) is 102 Å². The van der Waals surface area contributed by atoms with E-state index in [-0.39, 0.29) is 0 Å². The van der Waals surface area contributed by atoms with E-state index in [4.69, 9.17) is 0 Å². The Kier molecular flexibility index (Phi) is 13.8. The van der Waals surface area contributed by atoms with Crippen molar-refractivity contribution in [2.75, 3.05) is 0 Å². The molecule has 0 N–H and O–H groups in total. The van der Waals surface area contributed by atoms with E-state index in [0.717, 1.165) is 19.3 Å². The van der Waals surface area contributed by atoms with Gasteiger partial charge in [-0.15, -0.1) is 0 Å². The molecule has 6 rings (SSSR count). The number of rotatable bonds is 6. The predicted molar refractivity (Wildman–Crippen MR) is 224 cm³/mol. The fraction of sp³-hybridized carbons (Fsp3) is 0.294. The average Bonchev–Trinajstić information content (AvgIpc) is 3.09. The highest BCUT2D eigenvalue weighted by molar-refractivity contribution is 5.41. The fourth-order valence-corrected chi connectivity index (χ4v) is 6.34. The Morgan fingerprint density at radius 2 is 0.529 bits per heavy atom. The molecule has 0 radical (unpaired) electrons. The number of benzene rings is 6. The van der Waals surface area contributed by atoms with Gasteiger partial charge in [0, 0.05) is 0 Å². The van der Waals surface area contributed by atoms with E-state index < -0.39 is 0 Å². The molecule has 0 aliphatic rings. The molecular formula is C51H60. The van der Waals surface area contributed by atoms with E-state index in [1.54, 1.807) is 0 Å². The van der Waals surface area contributed by atoms with Crippen molar-refractivity contribution in [3.8, 4) is 0 Å². The number of hydrogen-bond acceptors (Lipinski definition) is 0. The molecule has 264 valence electrons. The first-order valence-electron chi connectivity index (χ1n) is 18.6. The smallest absolute Gasteiger partial charge is 0.00229 e. The Morgan fingerprint density at radius 1 is 0.255 bits per heavy atom. The lowest BCUT2D eigenvalue weighted by Gasteiger charge is -2.10. The molecule has 0 aromatic heterocycles. The van der Waals surface area contributed by atoms with Crippen LogP contribution in [0, 0.1) is 83.1 Å². The minimum absolute atomic E-state index is 1.03. The molecule has 0 atom stereocenters. The molecule has 0 saturated heterocycles. The van der Waals surface area contributed by atoms with Crippen molar-refractivity contribution in [2.24, 2.45) is 0 Å². The third-order valence-electron chi connectivity index (χ3n) is 10.9. The fourth-order valence-electron chi connectivity index (χ4n) is 6.34. The van der Waals surface area contributed by atoms with Crippen LogP contribution in [0.2, 0.25) is 0 Å². The van der Waals surface area contributed by atoms with Gasteiger partial charge in [-0.3, -0.25) is 0 Å². The zero-order chi connectivity index (χ0) is 37.2. The summed E-state index contributed by atoms with van der Waals surface area (Å²) in [7, 11) is 0. The van der Waals surface area contributed by atoms with E-state index in [1.807, 2.05) is 0 Å². The van der Waals surface area contributed by atoms with Gasteiger partial charge in [-0.05, 0) is 202 Å². The first kappa shape index (κ1) is 39.1. The quantitative estimate of drug-likeness (QED) is 0.165. The average molecular weight is 673 g/mol. The molecule has 0 amide bonds. The van der Waals surface area contributed by atoms with Gasteiger partial charge in [0.25, 0.3) is 0 Å². The molecule has 0 saturated carbocycles. The molecule has 51 heavy (non-hydrogen) atoms. The van der Waals surface area contributed by atoms with Gasteiger partial charge in [-0.25, -0.2) is 0 Å². The summed E-state index contributed by atoms with van der Waals surface area (Å²) in [4.78, 5) is 0. The molecule has 0 spiro atoms. The van der Waals surface area contributed by atoms with Crippen LogP contribution in [0.15, 0.2) is 109 Å². The second kappa shape index (κ2) is 18.0. The van der Waals surface area contributed by atoms with Gasteiger partial charge in [0.05, 0.1) is 0 Å². The highest BCUT2D eigenvalue weighted by Crippen LogP contribution is 2.21. The topological polar surface area (TPSA) is 0 Å². The highest BCUT2D eigenvalue weighted by atomic mass is 14.1. The molecule has 0 bridgehead atoms. The van der Waals surface area contributed by atoms with Crippen LogP contribution in [0.4, 0.5) is 0 Å². The largest absolute Gasteiger partial charge is 0.0617 e. The predicted octanol–water partition coefficient (Wildman–Crippen LogP) is 13.5. The van der Waals surface area contributed by atoms with Gasteiger partial charge in [-0.1, -0.05) is 109 Å². The summed E-state index contributed by atoms with van der Waals surface area (Å²) in [5, 5.41) is 0. The first-order valence-corrected chi connectivity index (χ1v) is 18.6. The maximum atomic E-state index is 2.30. The minimum Gasteiger partial charge on any atom is -0.0617 e. The van der Waals surface area contributed by atoms with Crippen LogP contribution in [0.5, 0.6) is 0 Å². The SMILES string of the molecule is Cc1ccc(Cc2ccc(C)c(C)c2)cc1C.Cc1ccc(Cc2cccc(C)c2C)cc1C.Cc1ccc(Cc2cccc(C)c2C)cc1C. The van der Waals surface area contributed by atoms with Gasteiger partial charge in [0.15, 0.2) is 0 Å². The van der Waals surface area contributed by atoms with Crippen LogP contribution in [-0.4, -0.2) is 0 Å². The van der Waals surface area contributed by atoms with Crippen LogP contribution >= 0.6 is 0 Å². The molecule has 0 heterocycles. The molecule has 0 nitrogen and oxygen atoms in total. The van der Waals surface area contributed by atoms with E-state index in [1.165, 1.54) is 100 Å². The Bertz CT molecular complexity index is 1940. The Labute approximate surface area is 310 Å². The summed E-state index contributed by atoms with van der Waals surface area (Å²) in [6.45, 7) is 26.2. The molecule has 0 heteroatoms. The number of hydrogen-bond donors (Lipinski definition) is 0. The van der Waals surface area contributed by atoms with Gasteiger partial charge in [-0.2, -0.15) is 0 Å². The van der Waals surface area contributed by atoms with Gasteiger partial charge in [0.2, 0.25) is 0 Å². The molecule has 0 unspecified atom stereocenters. The van der Waals surface area contributed by atoms with E-state index in [9.17, 15) is 0 Å². The standard InChI is InChI=1S/3C17H20/c1-12-5-7-16(9-14(12)3)11-17-8-6-13(2)15(4)10-17;2*1-12-8-9-16(10-14(12)3)11-17-7-5-6-13(2)15(17)4/h3*5-10H,11H2,1-4H3. The second-order valence-corrected chi connectivity index (χ2v) is 14.9. The van der Waals surface area contributed by atoms with Crippen molar-refractivity contribution in [1.82, 2.24) is 0 Å². The van der Waals surface area contributed by atoms with Crippen LogP contribution < -0.4 is 0 Å². The van der Waals surface area contributed by atoms with Crippen molar-refractivity contribution in [3.63, 3.8) is 0 Å². The summed E-state index contributed by atoms with van der Waals surface area (Å²) < 4.78 is 0. The second-order valence-electron chi connectivity index (χ2n) is 14.9. The summed E-state index contributed by atoms with van der Waals surface area (Å²) in [5.41, 5.74) is 25.1. The Hall–Kier alpha value is -4.68. The maximum absolute atomic E-state index is 2.30. The molecular weight excluding hydrogens is 613 g/mol. The van der Waals surface area contributed by atoms with E-state index >= 15 is 0 Å². The van der Waals surface area contributed by atoms with Gasteiger partial charge < -0.3 is 0 Å².